The molecule has 0 fully saturated rings. The van der Waals surface area contributed by atoms with Crippen LogP contribution in [0.2, 0.25) is 0 Å². The molecule has 1 heteroatoms. The van der Waals surface area contributed by atoms with Crippen LogP contribution in [0, 0.1) is 6.92 Å². The minimum Gasteiger partial charge on any atom is -0.295 e. The van der Waals surface area contributed by atoms with Crippen LogP contribution >= 0.6 is 0 Å². The fourth-order valence-corrected chi connectivity index (χ4v) is 1.74. The molecule has 0 bridgehead atoms. The number of hydrogen-bond acceptors (Lipinski definition) is 1. The first-order valence-electron chi connectivity index (χ1n) is 4.57. The highest BCUT2D eigenvalue weighted by atomic mass is 16.1. The van der Waals surface area contributed by atoms with Gasteiger partial charge in [0.05, 0.1) is 0 Å². The predicted octanol–water partition coefficient (Wildman–Crippen LogP) is 2.74. The lowest BCUT2D eigenvalue weighted by molar-refractivity contribution is -0.114. The van der Waals surface area contributed by atoms with Gasteiger partial charge in [-0.2, -0.15) is 0 Å². The molecule has 0 unspecified atom stereocenters. The maximum absolute atomic E-state index is 11.1. The van der Waals surface area contributed by atoms with Crippen molar-refractivity contribution >= 4 is 11.4 Å². The summed E-state index contributed by atoms with van der Waals surface area (Å²) >= 11 is 0. The van der Waals surface area contributed by atoms with E-state index in [2.05, 4.69) is 19.1 Å². The molecule has 13 heavy (non-hydrogen) atoms. The predicted molar refractivity (Wildman–Crippen MR) is 53.4 cm³/mol. The van der Waals surface area contributed by atoms with Crippen molar-refractivity contribution in [1.82, 2.24) is 0 Å². The zero-order chi connectivity index (χ0) is 9.26. The highest BCUT2D eigenvalue weighted by Crippen LogP contribution is 2.27. The molecule has 66 valence electrons. The summed E-state index contributed by atoms with van der Waals surface area (Å²) in [5.41, 5.74) is 3.68. The fourth-order valence-electron chi connectivity index (χ4n) is 1.74. The van der Waals surface area contributed by atoms with E-state index in [0.29, 0.717) is 6.42 Å². The van der Waals surface area contributed by atoms with Crippen LogP contribution in [-0.4, -0.2) is 5.78 Å². The largest absolute Gasteiger partial charge is 0.295 e. The summed E-state index contributed by atoms with van der Waals surface area (Å²) in [4.78, 5) is 11.1. The molecule has 0 saturated heterocycles. The Morgan fingerprint density at radius 1 is 1.15 bits per heavy atom. The van der Waals surface area contributed by atoms with Crippen LogP contribution in [0.4, 0.5) is 0 Å². The lowest BCUT2D eigenvalue weighted by Gasteiger charge is -2.04. The monoisotopic (exact) mass is 172 g/mol. The van der Waals surface area contributed by atoms with Crippen LogP contribution in [0.1, 0.15) is 24.0 Å². The molecule has 0 aliphatic heterocycles. The van der Waals surface area contributed by atoms with E-state index >= 15 is 0 Å². The molecule has 0 radical (unpaired) electrons. The molecule has 0 amide bonds. The summed E-state index contributed by atoms with van der Waals surface area (Å²) in [6.45, 7) is 2.08. The van der Waals surface area contributed by atoms with E-state index in [1.165, 1.54) is 16.7 Å². The third-order valence-corrected chi connectivity index (χ3v) is 2.47. The Morgan fingerprint density at radius 3 is 2.54 bits per heavy atom. The van der Waals surface area contributed by atoms with Crippen molar-refractivity contribution in [2.75, 3.05) is 0 Å². The minimum absolute atomic E-state index is 0.262. The van der Waals surface area contributed by atoms with Gasteiger partial charge in [-0.3, -0.25) is 4.79 Å². The summed E-state index contributed by atoms with van der Waals surface area (Å²) in [6, 6.07) is 8.21. The summed E-state index contributed by atoms with van der Waals surface area (Å²) in [6.07, 6.45) is 3.37. The summed E-state index contributed by atoms with van der Waals surface area (Å²) in [5.74, 6) is 0.262. The lowest BCUT2D eigenvalue weighted by Crippen LogP contribution is -1.84. The number of ketones is 1. The van der Waals surface area contributed by atoms with Crippen molar-refractivity contribution in [2.24, 2.45) is 0 Å². The van der Waals surface area contributed by atoms with Gasteiger partial charge >= 0.3 is 0 Å². The van der Waals surface area contributed by atoms with Crippen LogP contribution in [0.3, 0.4) is 0 Å². The molecule has 0 heterocycles. The van der Waals surface area contributed by atoms with E-state index in [4.69, 9.17) is 0 Å². The average Bonchev–Trinajstić information content (AvgIpc) is 2.53. The van der Waals surface area contributed by atoms with Crippen LogP contribution in [0.25, 0.3) is 5.57 Å². The van der Waals surface area contributed by atoms with Crippen LogP contribution in [-0.2, 0) is 4.79 Å². The van der Waals surface area contributed by atoms with Gasteiger partial charge in [0.2, 0.25) is 0 Å². The van der Waals surface area contributed by atoms with E-state index in [9.17, 15) is 4.79 Å². The number of benzene rings is 1. The van der Waals surface area contributed by atoms with Gasteiger partial charge < -0.3 is 0 Å². The smallest absolute Gasteiger partial charge is 0.156 e. The molecule has 0 aromatic heterocycles. The first kappa shape index (κ1) is 8.24. The van der Waals surface area contributed by atoms with E-state index < -0.39 is 0 Å². The number of carbonyl (C=O) groups is 1. The maximum Gasteiger partial charge on any atom is 0.156 e. The Bertz CT molecular complexity index is 374. The van der Waals surface area contributed by atoms with Crippen molar-refractivity contribution in [2.45, 2.75) is 19.8 Å². The van der Waals surface area contributed by atoms with Gasteiger partial charge in [0.15, 0.2) is 5.78 Å². The quantitative estimate of drug-likeness (QED) is 0.636. The van der Waals surface area contributed by atoms with Gasteiger partial charge in [0, 0.05) is 6.42 Å². The molecular formula is C12H12O. The van der Waals surface area contributed by atoms with Crippen molar-refractivity contribution in [3.05, 3.63) is 41.5 Å². The molecular weight excluding hydrogens is 160 g/mol. The number of carbonyl (C=O) groups excluding carboxylic acids is 1. The lowest BCUT2D eigenvalue weighted by atomic mass is 10.0. The number of hydrogen-bond donors (Lipinski definition) is 0. The standard InChI is InChI=1S/C12H12O/c1-9-4-2-3-5-12(9)10-6-7-11(13)8-10/h2-5,8H,6-7H2,1H3. The normalized spacial score (nSPS) is 16.1. The highest BCUT2D eigenvalue weighted by Gasteiger charge is 2.14. The molecule has 0 atom stereocenters. The molecule has 1 aliphatic carbocycles. The van der Waals surface area contributed by atoms with Crippen molar-refractivity contribution in [1.29, 1.82) is 0 Å². The van der Waals surface area contributed by atoms with Crippen molar-refractivity contribution in [3.8, 4) is 0 Å². The fraction of sp³-hybridized carbons (Fsp3) is 0.250. The Labute approximate surface area is 78.1 Å². The van der Waals surface area contributed by atoms with Gasteiger partial charge in [-0.25, -0.2) is 0 Å². The molecule has 0 saturated carbocycles. The first-order valence-corrected chi connectivity index (χ1v) is 4.57. The number of allylic oxidation sites excluding steroid dienone is 2. The third kappa shape index (κ3) is 1.55. The average molecular weight is 172 g/mol. The second-order valence-electron chi connectivity index (χ2n) is 3.45. The molecule has 1 aromatic rings. The van der Waals surface area contributed by atoms with Gasteiger partial charge in [-0.15, -0.1) is 0 Å². The Kier molecular flexibility index (Phi) is 2.01. The second kappa shape index (κ2) is 3.17. The van der Waals surface area contributed by atoms with Crippen LogP contribution < -0.4 is 0 Å². The van der Waals surface area contributed by atoms with Crippen LogP contribution in [0.15, 0.2) is 30.3 Å². The number of aryl methyl sites for hydroxylation is 1. The van der Waals surface area contributed by atoms with Crippen molar-refractivity contribution in [3.63, 3.8) is 0 Å². The van der Waals surface area contributed by atoms with Gasteiger partial charge in [0.25, 0.3) is 0 Å². The molecule has 1 aromatic carbocycles. The van der Waals surface area contributed by atoms with E-state index in [1.54, 1.807) is 6.08 Å². The molecule has 0 spiro atoms. The van der Waals surface area contributed by atoms with E-state index in [-0.39, 0.29) is 5.78 Å². The molecule has 1 aliphatic rings. The van der Waals surface area contributed by atoms with Gasteiger partial charge in [-0.05, 0) is 36.1 Å². The zero-order valence-corrected chi connectivity index (χ0v) is 7.71. The molecule has 2 rings (SSSR count). The Balaban J connectivity index is 2.41. The zero-order valence-electron chi connectivity index (χ0n) is 7.71. The first-order chi connectivity index (χ1) is 6.27. The summed E-state index contributed by atoms with van der Waals surface area (Å²) in [5, 5.41) is 0. The van der Waals surface area contributed by atoms with E-state index in [0.717, 1.165) is 6.42 Å². The van der Waals surface area contributed by atoms with Gasteiger partial charge in [-0.1, -0.05) is 24.3 Å². The molecule has 1 nitrogen and oxygen atoms in total. The third-order valence-electron chi connectivity index (χ3n) is 2.47. The second-order valence-corrected chi connectivity index (χ2v) is 3.45. The van der Waals surface area contributed by atoms with E-state index in [1.807, 2.05) is 12.1 Å². The molecule has 0 N–H and O–H groups in total. The van der Waals surface area contributed by atoms with Gasteiger partial charge in [0.1, 0.15) is 0 Å². The Hall–Kier alpha value is -1.37. The highest BCUT2D eigenvalue weighted by molar-refractivity contribution is 6.01. The number of rotatable bonds is 1. The van der Waals surface area contributed by atoms with Crippen LogP contribution in [0.5, 0.6) is 0 Å². The topological polar surface area (TPSA) is 17.1 Å². The SMILES string of the molecule is Cc1ccccc1C1=CC(=O)CC1. The summed E-state index contributed by atoms with van der Waals surface area (Å²) in [7, 11) is 0. The summed E-state index contributed by atoms with van der Waals surface area (Å²) < 4.78 is 0. The van der Waals surface area contributed by atoms with Crippen molar-refractivity contribution < 1.29 is 4.79 Å². The maximum atomic E-state index is 11.1. The Morgan fingerprint density at radius 2 is 1.92 bits per heavy atom. The minimum atomic E-state index is 0.262.